The summed E-state index contributed by atoms with van der Waals surface area (Å²) in [6.45, 7) is 10.2. The number of alkyl carbamates (subject to hydrolysis) is 1. The Hall–Kier alpha value is -1.83. The third kappa shape index (κ3) is 8.96. The molecule has 8 nitrogen and oxygen atoms in total. The molecule has 3 N–H and O–H groups in total. The Labute approximate surface area is 192 Å². The average molecular weight is 454 g/mol. The summed E-state index contributed by atoms with van der Waals surface area (Å²) >= 11 is 0. The van der Waals surface area contributed by atoms with Gasteiger partial charge in [-0.05, 0) is 58.3 Å². The van der Waals surface area contributed by atoms with Crippen molar-refractivity contribution in [2.75, 3.05) is 13.1 Å². The predicted molar refractivity (Wildman–Crippen MR) is 123 cm³/mol. The summed E-state index contributed by atoms with van der Waals surface area (Å²) in [5.74, 6) is 0.352. The fourth-order valence-corrected chi connectivity index (χ4v) is 4.55. The SMILES string of the molecule is CC(C)CC(NC(=O)OC(C)(C)C)C(=O)NC1CCC(=O)N(CC2CCCCC2)C[C@@H]1O. The summed E-state index contributed by atoms with van der Waals surface area (Å²) in [5, 5.41) is 16.3. The fourth-order valence-electron chi connectivity index (χ4n) is 4.55. The summed E-state index contributed by atoms with van der Waals surface area (Å²) in [6, 6.07) is -1.30. The molecule has 1 aliphatic heterocycles. The van der Waals surface area contributed by atoms with Crippen molar-refractivity contribution >= 4 is 17.9 Å². The van der Waals surface area contributed by atoms with Crippen LogP contribution in [-0.2, 0) is 14.3 Å². The molecule has 1 saturated carbocycles. The van der Waals surface area contributed by atoms with E-state index in [1.807, 2.05) is 13.8 Å². The Morgan fingerprint density at radius 3 is 2.41 bits per heavy atom. The van der Waals surface area contributed by atoms with E-state index < -0.39 is 29.9 Å². The molecule has 8 heteroatoms. The topological polar surface area (TPSA) is 108 Å². The number of hydrogen-bond donors (Lipinski definition) is 3. The van der Waals surface area contributed by atoms with Gasteiger partial charge in [0.05, 0.1) is 12.1 Å². The van der Waals surface area contributed by atoms with Gasteiger partial charge < -0.3 is 25.4 Å². The van der Waals surface area contributed by atoms with Gasteiger partial charge in [-0.25, -0.2) is 4.79 Å². The molecule has 0 radical (unpaired) electrons. The van der Waals surface area contributed by atoms with Crippen LogP contribution in [0.1, 0.15) is 86.0 Å². The van der Waals surface area contributed by atoms with E-state index in [4.69, 9.17) is 4.74 Å². The van der Waals surface area contributed by atoms with Crippen LogP contribution in [0.3, 0.4) is 0 Å². The van der Waals surface area contributed by atoms with Crippen molar-refractivity contribution in [3.8, 4) is 0 Å². The van der Waals surface area contributed by atoms with Gasteiger partial charge in [-0.1, -0.05) is 33.1 Å². The number of hydrogen-bond acceptors (Lipinski definition) is 5. The molecule has 32 heavy (non-hydrogen) atoms. The van der Waals surface area contributed by atoms with Gasteiger partial charge in [-0.15, -0.1) is 0 Å². The highest BCUT2D eigenvalue weighted by atomic mass is 16.6. The van der Waals surface area contributed by atoms with Crippen LogP contribution < -0.4 is 10.6 Å². The quantitative estimate of drug-likeness (QED) is 0.549. The molecule has 0 aromatic rings. The number of amides is 3. The number of nitrogens with one attached hydrogen (secondary N) is 2. The van der Waals surface area contributed by atoms with Gasteiger partial charge >= 0.3 is 6.09 Å². The molecular weight excluding hydrogens is 410 g/mol. The smallest absolute Gasteiger partial charge is 0.408 e. The molecule has 2 fully saturated rings. The first-order valence-corrected chi connectivity index (χ1v) is 12.2. The molecule has 0 aromatic carbocycles. The zero-order valence-corrected chi connectivity index (χ0v) is 20.5. The number of β-amino-alcohol motifs (C(OH)–C–C–N with tert-alkyl or cyclic N) is 1. The molecule has 0 spiro atoms. The van der Waals surface area contributed by atoms with E-state index in [0.717, 1.165) is 12.8 Å². The van der Waals surface area contributed by atoms with Crippen LogP contribution in [-0.4, -0.2) is 64.8 Å². The Balaban J connectivity index is 1.97. The average Bonchev–Trinajstić information content (AvgIpc) is 2.80. The first-order chi connectivity index (χ1) is 14.9. The summed E-state index contributed by atoms with van der Waals surface area (Å²) in [6.07, 6.45) is 5.57. The fraction of sp³-hybridized carbons (Fsp3) is 0.875. The molecule has 0 aromatic heterocycles. The highest BCUT2D eigenvalue weighted by Gasteiger charge is 2.34. The minimum absolute atomic E-state index is 0.0389. The van der Waals surface area contributed by atoms with Crippen molar-refractivity contribution in [3.05, 3.63) is 0 Å². The van der Waals surface area contributed by atoms with Crippen molar-refractivity contribution in [2.45, 2.75) is 110 Å². The number of aliphatic hydroxyl groups excluding tert-OH is 1. The van der Waals surface area contributed by atoms with E-state index in [9.17, 15) is 19.5 Å². The molecule has 3 amide bonds. The zero-order chi connectivity index (χ0) is 23.9. The third-order valence-electron chi connectivity index (χ3n) is 6.14. The van der Waals surface area contributed by atoms with Crippen LogP contribution >= 0.6 is 0 Å². The second-order valence-corrected chi connectivity index (χ2v) is 10.9. The summed E-state index contributed by atoms with van der Waals surface area (Å²) < 4.78 is 5.30. The number of nitrogens with zero attached hydrogens (tertiary/aromatic N) is 1. The third-order valence-corrected chi connectivity index (χ3v) is 6.14. The Morgan fingerprint density at radius 2 is 1.81 bits per heavy atom. The van der Waals surface area contributed by atoms with Gasteiger partial charge in [-0.2, -0.15) is 0 Å². The standard InChI is InChI=1S/C24H43N3O5/c1-16(2)13-19(26-23(31)32-24(3,4)5)22(30)25-18-11-12-21(29)27(15-20(18)28)14-17-9-7-6-8-10-17/h16-20,28H,6-15H2,1-5H3,(H,25,30)(H,26,31)/t18?,19?,20-/m0/s1. The molecular formula is C24H43N3O5. The van der Waals surface area contributed by atoms with Gasteiger partial charge in [-0.3, -0.25) is 9.59 Å². The van der Waals surface area contributed by atoms with Gasteiger partial charge in [0, 0.05) is 19.5 Å². The van der Waals surface area contributed by atoms with Crippen LogP contribution in [0, 0.1) is 11.8 Å². The summed E-state index contributed by atoms with van der Waals surface area (Å²) in [4.78, 5) is 39.6. The number of carbonyl (C=O) groups excluding carboxylic acids is 3. The van der Waals surface area contributed by atoms with Crippen molar-refractivity contribution in [3.63, 3.8) is 0 Å². The van der Waals surface area contributed by atoms with Gasteiger partial charge in [0.2, 0.25) is 11.8 Å². The van der Waals surface area contributed by atoms with Crippen LogP contribution in [0.15, 0.2) is 0 Å². The van der Waals surface area contributed by atoms with Crippen LogP contribution in [0.25, 0.3) is 0 Å². The Kier molecular flexibility index (Phi) is 9.80. The molecule has 0 bridgehead atoms. The lowest BCUT2D eigenvalue weighted by atomic mass is 9.89. The number of aliphatic hydroxyl groups is 1. The molecule has 2 aliphatic rings. The van der Waals surface area contributed by atoms with Crippen molar-refractivity contribution in [1.82, 2.24) is 15.5 Å². The molecule has 184 valence electrons. The van der Waals surface area contributed by atoms with Gasteiger partial charge in [0.1, 0.15) is 11.6 Å². The number of carbonyl (C=O) groups is 3. The van der Waals surface area contributed by atoms with E-state index in [-0.39, 0.29) is 24.3 Å². The van der Waals surface area contributed by atoms with Gasteiger partial charge in [0.15, 0.2) is 0 Å². The predicted octanol–water partition coefficient (Wildman–Crippen LogP) is 2.97. The zero-order valence-electron chi connectivity index (χ0n) is 20.5. The second kappa shape index (κ2) is 11.9. The molecule has 2 rings (SSSR count). The lowest BCUT2D eigenvalue weighted by Gasteiger charge is -2.31. The van der Waals surface area contributed by atoms with E-state index in [0.29, 0.717) is 31.7 Å². The van der Waals surface area contributed by atoms with E-state index in [1.54, 1.807) is 25.7 Å². The van der Waals surface area contributed by atoms with Crippen LogP contribution in [0.5, 0.6) is 0 Å². The monoisotopic (exact) mass is 453 g/mol. The lowest BCUT2D eigenvalue weighted by Crippen LogP contribution is -2.54. The van der Waals surface area contributed by atoms with Gasteiger partial charge in [0.25, 0.3) is 0 Å². The molecule has 1 heterocycles. The number of rotatable bonds is 7. The van der Waals surface area contributed by atoms with Crippen LogP contribution in [0.4, 0.5) is 4.79 Å². The molecule has 1 aliphatic carbocycles. The minimum atomic E-state index is -0.838. The lowest BCUT2D eigenvalue weighted by molar-refractivity contribution is -0.132. The number of ether oxygens (including phenoxy) is 1. The van der Waals surface area contributed by atoms with Crippen molar-refractivity contribution in [1.29, 1.82) is 0 Å². The Bertz CT molecular complexity index is 640. The number of likely N-dealkylation sites (tertiary alicyclic amines) is 1. The van der Waals surface area contributed by atoms with E-state index in [1.165, 1.54) is 19.3 Å². The maximum Gasteiger partial charge on any atom is 0.408 e. The first-order valence-electron chi connectivity index (χ1n) is 12.2. The summed E-state index contributed by atoms with van der Waals surface area (Å²) in [7, 11) is 0. The Morgan fingerprint density at radius 1 is 1.16 bits per heavy atom. The second-order valence-electron chi connectivity index (χ2n) is 10.9. The van der Waals surface area contributed by atoms with E-state index >= 15 is 0 Å². The van der Waals surface area contributed by atoms with Crippen molar-refractivity contribution < 1.29 is 24.2 Å². The molecule has 3 atom stereocenters. The summed E-state index contributed by atoms with van der Waals surface area (Å²) in [5.41, 5.74) is -0.664. The molecule has 1 saturated heterocycles. The van der Waals surface area contributed by atoms with E-state index in [2.05, 4.69) is 10.6 Å². The van der Waals surface area contributed by atoms with Crippen LogP contribution in [0.2, 0.25) is 0 Å². The molecule has 2 unspecified atom stereocenters. The maximum absolute atomic E-state index is 13.0. The minimum Gasteiger partial charge on any atom is -0.444 e. The normalized spacial score (nSPS) is 24.1. The highest BCUT2D eigenvalue weighted by molar-refractivity contribution is 5.86. The largest absolute Gasteiger partial charge is 0.444 e. The maximum atomic E-state index is 13.0. The first kappa shape index (κ1) is 26.4. The highest BCUT2D eigenvalue weighted by Crippen LogP contribution is 2.26. The van der Waals surface area contributed by atoms with Crippen molar-refractivity contribution in [2.24, 2.45) is 11.8 Å².